The van der Waals surface area contributed by atoms with Crippen molar-refractivity contribution in [1.29, 1.82) is 0 Å². The SMILES string of the molecule is Cc1ccc(S(=O)(=O)CC(O)(/C=C/c2ccccc2)c2ccccc2)cc1. The van der Waals surface area contributed by atoms with Gasteiger partial charge >= 0.3 is 0 Å². The number of sulfone groups is 1. The molecule has 3 aromatic carbocycles. The fraction of sp³-hybridized carbons (Fsp3) is 0.130. The van der Waals surface area contributed by atoms with E-state index in [4.69, 9.17) is 0 Å². The maximum atomic E-state index is 12.9. The van der Waals surface area contributed by atoms with Gasteiger partial charge in [-0.2, -0.15) is 0 Å². The number of rotatable bonds is 6. The van der Waals surface area contributed by atoms with E-state index in [9.17, 15) is 13.5 Å². The quantitative estimate of drug-likeness (QED) is 0.693. The number of aliphatic hydroxyl groups is 1. The summed E-state index contributed by atoms with van der Waals surface area (Å²) >= 11 is 0. The van der Waals surface area contributed by atoms with Crippen LogP contribution in [0.25, 0.3) is 6.08 Å². The highest BCUT2D eigenvalue weighted by atomic mass is 32.2. The first-order valence-electron chi connectivity index (χ1n) is 8.71. The molecular formula is C23H22O3S. The lowest BCUT2D eigenvalue weighted by molar-refractivity contribution is 0.115. The van der Waals surface area contributed by atoms with E-state index >= 15 is 0 Å². The van der Waals surface area contributed by atoms with E-state index in [1.807, 2.05) is 43.3 Å². The van der Waals surface area contributed by atoms with Gasteiger partial charge in [0.05, 0.1) is 10.6 Å². The first-order valence-corrected chi connectivity index (χ1v) is 10.4. The van der Waals surface area contributed by atoms with Gasteiger partial charge in [-0.25, -0.2) is 8.42 Å². The molecule has 4 heteroatoms. The monoisotopic (exact) mass is 378 g/mol. The Morgan fingerprint density at radius 2 is 1.41 bits per heavy atom. The van der Waals surface area contributed by atoms with Crippen LogP contribution in [-0.2, 0) is 15.4 Å². The highest BCUT2D eigenvalue weighted by Crippen LogP contribution is 2.28. The normalized spacial score (nSPS) is 14.1. The molecule has 0 aliphatic heterocycles. The average molecular weight is 378 g/mol. The van der Waals surface area contributed by atoms with Crippen LogP contribution in [-0.4, -0.2) is 19.3 Å². The Morgan fingerprint density at radius 1 is 0.852 bits per heavy atom. The summed E-state index contributed by atoms with van der Waals surface area (Å²) < 4.78 is 25.9. The minimum Gasteiger partial charge on any atom is -0.380 e. The van der Waals surface area contributed by atoms with E-state index in [0.717, 1.165) is 11.1 Å². The van der Waals surface area contributed by atoms with Gasteiger partial charge in [-0.3, -0.25) is 0 Å². The van der Waals surface area contributed by atoms with Gasteiger partial charge < -0.3 is 5.11 Å². The van der Waals surface area contributed by atoms with Crippen molar-refractivity contribution in [2.75, 3.05) is 5.75 Å². The smallest absolute Gasteiger partial charge is 0.181 e. The molecule has 3 rings (SSSR count). The van der Waals surface area contributed by atoms with Crippen molar-refractivity contribution in [3.05, 3.63) is 108 Å². The third kappa shape index (κ3) is 4.73. The van der Waals surface area contributed by atoms with E-state index in [1.54, 1.807) is 60.7 Å². The van der Waals surface area contributed by atoms with Crippen molar-refractivity contribution in [3.63, 3.8) is 0 Å². The van der Waals surface area contributed by atoms with Crippen LogP contribution in [0.4, 0.5) is 0 Å². The fourth-order valence-corrected chi connectivity index (χ4v) is 4.43. The summed E-state index contributed by atoms with van der Waals surface area (Å²) in [6, 6.07) is 25.0. The number of hydrogen-bond donors (Lipinski definition) is 1. The summed E-state index contributed by atoms with van der Waals surface area (Å²) in [6.07, 6.45) is 3.31. The van der Waals surface area contributed by atoms with Gasteiger partial charge in [0.25, 0.3) is 0 Å². The minimum absolute atomic E-state index is 0.204. The van der Waals surface area contributed by atoms with Gasteiger partial charge in [-0.05, 0) is 36.3 Å². The van der Waals surface area contributed by atoms with Crippen molar-refractivity contribution >= 4 is 15.9 Å². The first kappa shape index (κ1) is 19.1. The van der Waals surface area contributed by atoms with Gasteiger partial charge in [0.15, 0.2) is 9.84 Å². The van der Waals surface area contributed by atoms with Crippen LogP contribution in [0.15, 0.2) is 95.9 Å². The molecule has 0 aliphatic rings. The summed E-state index contributed by atoms with van der Waals surface area (Å²) in [5, 5.41) is 11.3. The zero-order valence-corrected chi connectivity index (χ0v) is 15.9. The highest BCUT2D eigenvalue weighted by molar-refractivity contribution is 7.91. The molecule has 3 aromatic rings. The molecule has 0 bridgehead atoms. The first-order chi connectivity index (χ1) is 12.9. The fourth-order valence-electron chi connectivity index (χ4n) is 2.87. The zero-order chi connectivity index (χ0) is 19.3. The van der Waals surface area contributed by atoms with E-state index in [-0.39, 0.29) is 4.90 Å². The lowest BCUT2D eigenvalue weighted by Gasteiger charge is -2.25. The van der Waals surface area contributed by atoms with Crippen LogP contribution in [0.2, 0.25) is 0 Å². The second-order valence-corrected chi connectivity index (χ2v) is 8.60. The van der Waals surface area contributed by atoms with Crippen molar-refractivity contribution in [2.24, 2.45) is 0 Å². The van der Waals surface area contributed by atoms with Gasteiger partial charge in [0, 0.05) is 0 Å². The molecule has 3 nitrogen and oxygen atoms in total. The maximum Gasteiger partial charge on any atom is 0.181 e. The van der Waals surface area contributed by atoms with E-state index in [1.165, 1.54) is 0 Å². The van der Waals surface area contributed by atoms with E-state index in [2.05, 4.69) is 0 Å². The predicted molar refractivity (Wildman–Crippen MR) is 109 cm³/mol. The molecule has 0 heterocycles. The van der Waals surface area contributed by atoms with Crippen LogP contribution in [0, 0.1) is 6.92 Å². The minimum atomic E-state index is -3.69. The van der Waals surface area contributed by atoms with Gasteiger partial charge in [0.2, 0.25) is 0 Å². The van der Waals surface area contributed by atoms with Crippen molar-refractivity contribution in [1.82, 2.24) is 0 Å². The number of aryl methyl sites for hydroxylation is 1. The molecule has 0 spiro atoms. The number of hydrogen-bond acceptors (Lipinski definition) is 3. The second kappa shape index (κ2) is 7.91. The molecule has 0 saturated heterocycles. The van der Waals surface area contributed by atoms with Crippen LogP contribution in [0.1, 0.15) is 16.7 Å². The molecule has 1 unspecified atom stereocenters. The number of benzene rings is 3. The molecule has 1 N–H and O–H groups in total. The van der Waals surface area contributed by atoms with Crippen LogP contribution >= 0.6 is 0 Å². The topological polar surface area (TPSA) is 54.4 Å². The molecule has 0 radical (unpaired) electrons. The summed E-state index contributed by atoms with van der Waals surface area (Å²) in [7, 11) is -3.69. The summed E-state index contributed by atoms with van der Waals surface area (Å²) in [5.74, 6) is -0.434. The Kier molecular flexibility index (Phi) is 5.59. The lowest BCUT2D eigenvalue weighted by Crippen LogP contribution is -2.32. The van der Waals surface area contributed by atoms with Crippen LogP contribution < -0.4 is 0 Å². The van der Waals surface area contributed by atoms with Crippen LogP contribution in [0.5, 0.6) is 0 Å². The Hall–Kier alpha value is -2.69. The molecule has 138 valence electrons. The largest absolute Gasteiger partial charge is 0.380 e. The van der Waals surface area contributed by atoms with Crippen LogP contribution in [0.3, 0.4) is 0 Å². The zero-order valence-electron chi connectivity index (χ0n) is 15.1. The second-order valence-electron chi connectivity index (χ2n) is 6.61. The third-order valence-corrected chi connectivity index (χ3v) is 6.23. The van der Waals surface area contributed by atoms with Crippen molar-refractivity contribution in [2.45, 2.75) is 17.4 Å². The average Bonchev–Trinajstić information content (AvgIpc) is 2.68. The molecule has 0 saturated carbocycles. The highest BCUT2D eigenvalue weighted by Gasteiger charge is 2.33. The lowest BCUT2D eigenvalue weighted by atomic mass is 9.94. The Morgan fingerprint density at radius 3 is 2.00 bits per heavy atom. The Labute approximate surface area is 160 Å². The van der Waals surface area contributed by atoms with Crippen molar-refractivity contribution in [3.8, 4) is 0 Å². The van der Waals surface area contributed by atoms with Gasteiger partial charge in [-0.15, -0.1) is 0 Å². The predicted octanol–water partition coefficient (Wildman–Crippen LogP) is 4.37. The van der Waals surface area contributed by atoms with Crippen molar-refractivity contribution < 1.29 is 13.5 Å². The molecule has 27 heavy (non-hydrogen) atoms. The standard InChI is InChI=1S/C23H22O3S/c1-19-12-14-22(15-13-19)27(25,26)18-23(24,21-10-6-3-7-11-21)17-16-20-8-4-2-5-9-20/h2-17,24H,18H2,1H3/b17-16+. The molecule has 0 aliphatic carbocycles. The Bertz CT molecular complexity index is 1010. The third-order valence-electron chi connectivity index (χ3n) is 4.41. The van der Waals surface area contributed by atoms with E-state index < -0.39 is 21.2 Å². The van der Waals surface area contributed by atoms with Gasteiger partial charge in [0.1, 0.15) is 5.60 Å². The van der Waals surface area contributed by atoms with Gasteiger partial charge in [-0.1, -0.05) is 84.4 Å². The molecular weight excluding hydrogens is 356 g/mol. The summed E-state index contributed by atoms with van der Waals surface area (Å²) in [5.41, 5.74) is 0.768. The summed E-state index contributed by atoms with van der Waals surface area (Å²) in [4.78, 5) is 0.204. The Balaban J connectivity index is 2.00. The molecule has 1 atom stereocenters. The van der Waals surface area contributed by atoms with E-state index in [0.29, 0.717) is 5.56 Å². The molecule has 0 aromatic heterocycles. The maximum absolute atomic E-state index is 12.9. The molecule has 0 fully saturated rings. The molecule has 0 amide bonds. The summed E-state index contributed by atoms with van der Waals surface area (Å²) in [6.45, 7) is 1.90.